The van der Waals surface area contributed by atoms with Crippen LogP contribution in [0.15, 0.2) is 55.2 Å². The summed E-state index contributed by atoms with van der Waals surface area (Å²) in [4.78, 5) is 47.3. The van der Waals surface area contributed by atoms with E-state index in [9.17, 15) is 9.59 Å². The van der Waals surface area contributed by atoms with E-state index in [0.29, 0.717) is 34.2 Å². The minimum absolute atomic E-state index is 0. The lowest BCUT2D eigenvalue weighted by Crippen LogP contribution is -2.19. The topological polar surface area (TPSA) is 142 Å². The largest absolute Gasteiger partial charge is 0.335 e. The molecule has 6 heterocycles. The van der Waals surface area contributed by atoms with E-state index in [1.165, 1.54) is 11.3 Å². The van der Waals surface area contributed by atoms with Crippen molar-refractivity contribution in [1.29, 1.82) is 0 Å². The van der Waals surface area contributed by atoms with Crippen LogP contribution >= 0.6 is 11.3 Å². The summed E-state index contributed by atoms with van der Waals surface area (Å²) in [5, 5.41) is 11.2. The number of carbonyl (C=O) groups is 2. The van der Waals surface area contributed by atoms with E-state index >= 15 is 0 Å². The quantitative estimate of drug-likeness (QED) is 0.186. The molecule has 0 radical (unpaired) electrons. The molecule has 208 valence electrons. The zero-order chi connectivity index (χ0) is 28.0. The fraction of sp³-hybridized carbons (Fsp3) is 0.233. The molecular formula is C30H30N8O2S. The summed E-state index contributed by atoms with van der Waals surface area (Å²) in [6.45, 7) is 7.63. The molecule has 41 heavy (non-hydrogen) atoms. The number of hydrogen-bond acceptors (Lipinski definition) is 8. The maximum absolute atomic E-state index is 12.4. The summed E-state index contributed by atoms with van der Waals surface area (Å²) in [7, 11) is 0. The van der Waals surface area contributed by atoms with E-state index in [2.05, 4.69) is 35.5 Å². The number of nitrogens with one attached hydrogen (secondary N) is 3. The number of rotatable bonds is 6. The molecular weight excluding hydrogens is 536 g/mol. The van der Waals surface area contributed by atoms with Crippen LogP contribution in [0.2, 0.25) is 0 Å². The van der Waals surface area contributed by atoms with Gasteiger partial charge < -0.3 is 10.3 Å². The first-order chi connectivity index (χ1) is 19.1. The Morgan fingerprint density at radius 1 is 1.00 bits per heavy atom. The second kappa shape index (κ2) is 10.7. The average molecular weight is 567 g/mol. The third-order valence-corrected chi connectivity index (χ3v) is 7.52. The smallest absolute Gasteiger partial charge is 0.224 e. The van der Waals surface area contributed by atoms with Crippen LogP contribution in [-0.2, 0) is 4.79 Å². The van der Waals surface area contributed by atoms with Crippen LogP contribution in [0, 0.1) is 5.41 Å². The van der Waals surface area contributed by atoms with E-state index in [1.54, 1.807) is 37.9 Å². The Kier molecular flexibility index (Phi) is 7.22. The summed E-state index contributed by atoms with van der Waals surface area (Å²) in [5.74, 6) is 0.561. The predicted molar refractivity (Wildman–Crippen MR) is 163 cm³/mol. The van der Waals surface area contributed by atoms with Crippen molar-refractivity contribution >= 4 is 50.8 Å². The Labute approximate surface area is 240 Å². The molecule has 0 bridgehead atoms. The number of aromatic nitrogens is 7. The molecule has 0 saturated heterocycles. The number of fused-ring (bicyclic) bond motifs is 2. The van der Waals surface area contributed by atoms with Crippen LogP contribution in [-0.4, -0.2) is 46.8 Å². The van der Waals surface area contributed by atoms with Crippen LogP contribution in [0.3, 0.4) is 0 Å². The van der Waals surface area contributed by atoms with E-state index in [-0.39, 0.29) is 24.5 Å². The average Bonchev–Trinajstić information content (AvgIpc) is 3.65. The van der Waals surface area contributed by atoms with Crippen molar-refractivity contribution in [2.24, 2.45) is 5.41 Å². The lowest BCUT2D eigenvalue weighted by Gasteiger charge is -2.17. The van der Waals surface area contributed by atoms with Crippen molar-refractivity contribution in [3.05, 3.63) is 60.1 Å². The molecule has 0 aliphatic carbocycles. The molecule has 11 heteroatoms. The Balaban J connectivity index is 0.00000337. The van der Waals surface area contributed by atoms with Gasteiger partial charge in [0.2, 0.25) is 5.91 Å². The number of nitrogens with zero attached hydrogens (tertiary/aromatic N) is 5. The minimum atomic E-state index is -0.115. The fourth-order valence-electron chi connectivity index (χ4n) is 4.49. The Bertz CT molecular complexity index is 1910. The van der Waals surface area contributed by atoms with Gasteiger partial charge in [0.1, 0.15) is 11.2 Å². The third kappa shape index (κ3) is 5.62. The lowest BCUT2D eigenvalue weighted by atomic mass is 9.92. The van der Waals surface area contributed by atoms with E-state index < -0.39 is 0 Å². The van der Waals surface area contributed by atoms with Gasteiger partial charge in [-0.2, -0.15) is 5.10 Å². The number of Topliss-reactive ketones (excluding diaryl/α,β-unsaturated/α-hetero) is 1. The standard InChI is InChI=1S/C29H26N8O2S.CH4/c1-15(38)22-5-6-23(40-22)20-13-31-14-21-25(20)35-28(34-21)26-19-8-17(11-32-27(19)37-36-26)16-7-18(12-30-10-16)33-24(39)9-29(2,3)4;/h5-8,10-14H,9H2,1-4H3,(H,33,39)(H,34,35)(H,32,36,37);1H4. The van der Waals surface area contributed by atoms with E-state index in [1.807, 2.05) is 45.0 Å². The van der Waals surface area contributed by atoms with Crippen LogP contribution < -0.4 is 5.32 Å². The van der Waals surface area contributed by atoms with E-state index in [4.69, 9.17) is 4.98 Å². The SMILES string of the molecule is C.CC(=O)c1ccc(-c2cncc3[nH]c(-c4[nH]nc5ncc(-c6cncc(NC(=O)CC(C)(C)C)c6)cc45)nc23)s1. The number of carbonyl (C=O) groups excluding carboxylic acids is 2. The van der Waals surface area contributed by atoms with Crippen molar-refractivity contribution < 1.29 is 9.59 Å². The fourth-order valence-corrected chi connectivity index (χ4v) is 5.41. The third-order valence-electron chi connectivity index (χ3n) is 6.31. The van der Waals surface area contributed by atoms with Crippen molar-refractivity contribution in [1.82, 2.24) is 35.1 Å². The number of amides is 1. The van der Waals surface area contributed by atoms with Crippen LogP contribution in [0.25, 0.3) is 55.2 Å². The molecule has 0 saturated carbocycles. The number of ketones is 1. The van der Waals surface area contributed by atoms with Crippen molar-refractivity contribution in [2.75, 3.05) is 5.32 Å². The second-order valence-corrected chi connectivity index (χ2v) is 11.9. The van der Waals surface area contributed by atoms with Gasteiger partial charge in [-0.05, 0) is 36.6 Å². The normalized spacial score (nSPS) is 11.5. The molecule has 0 aliphatic heterocycles. The van der Waals surface area contributed by atoms with Gasteiger partial charge >= 0.3 is 0 Å². The molecule has 0 atom stereocenters. The maximum atomic E-state index is 12.4. The van der Waals surface area contributed by atoms with Crippen LogP contribution in [0.4, 0.5) is 5.69 Å². The first kappa shape index (κ1) is 27.8. The van der Waals surface area contributed by atoms with Crippen LogP contribution in [0.5, 0.6) is 0 Å². The molecule has 0 aromatic carbocycles. The summed E-state index contributed by atoms with van der Waals surface area (Å²) in [6, 6.07) is 7.60. The monoisotopic (exact) mass is 566 g/mol. The van der Waals surface area contributed by atoms with Gasteiger partial charge in [0.25, 0.3) is 0 Å². The number of thiophene rings is 1. The first-order valence-electron chi connectivity index (χ1n) is 12.7. The summed E-state index contributed by atoms with van der Waals surface area (Å²) >= 11 is 1.42. The maximum Gasteiger partial charge on any atom is 0.224 e. The lowest BCUT2D eigenvalue weighted by molar-refractivity contribution is -0.117. The molecule has 1 amide bonds. The van der Waals surface area contributed by atoms with Crippen molar-refractivity contribution in [2.45, 2.75) is 41.5 Å². The van der Waals surface area contributed by atoms with Gasteiger partial charge in [0.15, 0.2) is 17.3 Å². The number of imidazole rings is 1. The van der Waals surface area contributed by atoms with Gasteiger partial charge in [-0.1, -0.05) is 28.2 Å². The van der Waals surface area contributed by atoms with Gasteiger partial charge in [0.05, 0.1) is 33.9 Å². The number of hydrogen-bond donors (Lipinski definition) is 3. The molecule has 3 N–H and O–H groups in total. The molecule has 0 unspecified atom stereocenters. The highest BCUT2D eigenvalue weighted by molar-refractivity contribution is 7.17. The van der Waals surface area contributed by atoms with Crippen LogP contribution in [0.1, 0.15) is 51.2 Å². The molecule has 0 fully saturated rings. The summed E-state index contributed by atoms with van der Waals surface area (Å²) < 4.78 is 0. The number of anilines is 1. The predicted octanol–water partition coefficient (Wildman–Crippen LogP) is 6.90. The van der Waals surface area contributed by atoms with Crippen molar-refractivity contribution in [3.63, 3.8) is 0 Å². The molecule has 0 spiro atoms. The van der Waals surface area contributed by atoms with Gasteiger partial charge in [0, 0.05) is 46.6 Å². The highest BCUT2D eigenvalue weighted by Gasteiger charge is 2.19. The zero-order valence-electron chi connectivity index (χ0n) is 22.4. The highest BCUT2D eigenvalue weighted by Crippen LogP contribution is 2.35. The van der Waals surface area contributed by atoms with Gasteiger partial charge in [-0.3, -0.25) is 24.7 Å². The van der Waals surface area contributed by atoms with Gasteiger partial charge in [-0.25, -0.2) is 9.97 Å². The minimum Gasteiger partial charge on any atom is -0.335 e. The Morgan fingerprint density at radius 2 is 1.78 bits per heavy atom. The number of pyridine rings is 3. The molecule has 6 rings (SSSR count). The first-order valence-corrected chi connectivity index (χ1v) is 13.5. The Morgan fingerprint density at radius 3 is 2.54 bits per heavy atom. The Hall–Kier alpha value is -4.77. The van der Waals surface area contributed by atoms with Gasteiger partial charge in [-0.15, -0.1) is 11.3 Å². The molecule has 6 aromatic rings. The zero-order valence-corrected chi connectivity index (χ0v) is 23.2. The second-order valence-electron chi connectivity index (χ2n) is 10.8. The molecule has 10 nitrogen and oxygen atoms in total. The summed E-state index contributed by atoms with van der Waals surface area (Å²) in [5.41, 5.74) is 5.73. The molecule has 6 aromatic heterocycles. The highest BCUT2D eigenvalue weighted by atomic mass is 32.1. The number of aromatic amines is 2. The molecule has 0 aliphatic rings. The number of H-pyrrole nitrogens is 2. The van der Waals surface area contributed by atoms with Crippen molar-refractivity contribution in [3.8, 4) is 33.1 Å². The van der Waals surface area contributed by atoms with E-state index in [0.717, 1.165) is 38.0 Å². The summed E-state index contributed by atoms with van der Waals surface area (Å²) in [6.07, 6.45) is 8.98.